The van der Waals surface area contributed by atoms with Crippen LogP contribution in [0.4, 0.5) is 5.69 Å². The Morgan fingerprint density at radius 1 is 1.27 bits per heavy atom. The number of rotatable bonds is 3. The third-order valence-corrected chi connectivity index (χ3v) is 2.27. The third-order valence-electron chi connectivity index (χ3n) is 2.27. The number of hydrogen-bond donors (Lipinski definition) is 2. The second-order valence-electron chi connectivity index (χ2n) is 3.24. The fraction of sp³-hybridized carbons (Fsp3) is 0.167. The minimum absolute atomic E-state index is 0.111. The zero-order valence-electron chi connectivity index (χ0n) is 8.94. The molecular formula is C12H15NO2. The molecule has 0 saturated carbocycles. The third kappa shape index (κ3) is 2.46. The average Bonchev–Trinajstić information content (AvgIpc) is 2.21. The van der Waals surface area contributed by atoms with E-state index in [2.05, 4.69) is 6.58 Å². The van der Waals surface area contributed by atoms with Gasteiger partial charge in [-0.3, -0.25) is 10.4 Å². The van der Waals surface area contributed by atoms with Gasteiger partial charge in [0.25, 0.3) is 0 Å². The molecule has 15 heavy (non-hydrogen) atoms. The largest absolute Gasteiger partial charge is 0.264 e. The van der Waals surface area contributed by atoms with Crippen molar-refractivity contribution in [1.82, 2.24) is 0 Å². The van der Waals surface area contributed by atoms with Crippen molar-refractivity contribution in [3.05, 3.63) is 41.5 Å². The molecule has 0 aliphatic rings. The Balaban J connectivity index is 3.37. The molecule has 1 aromatic rings. The van der Waals surface area contributed by atoms with Gasteiger partial charge >= 0.3 is 0 Å². The lowest BCUT2D eigenvalue weighted by Crippen LogP contribution is -2.11. The Kier molecular flexibility index (Phi) is 3.66. The summed E-state index contributed by atoms with van der Waals surface area (Å²) in [6.45, 7) is 7.57. The zero-order chi connectivity index (χ0) is 11.4. The first-order valence-corrected chi connectivity index (χ1v) is 4.67. The molecule has 0 saturated heterocycles. The number of nitrogens with zero attached hydrogens (tertiary/aromatic N) is 1. The summed E-state index contributed by atoms with van der Waals surface area (Å²) in [5, 5.41) is 18.0. The van der Waals surface area contributed by atoms with E-state index < -0.39 is 0 Å². The molecule has 3 nitrogen and oxygen atoms in total. The second-order valence-corrected chi connectivity index (χ2v) is 3.24. The molecule has 0 atom stereocenters. The minimum Gasteiger partial charge on any atom is -0.264 e. The first-order chi connectivity index (χ1) is 7.10. The van der Waals surface area contributed by atoms with Crippen LogP contribution in [0, 0.1) is 6.92 Å². The smallest absolute Gasteiger partial charge is 0.0954 e. The molecule has 0 bridgehead atoms. The fourth-order valence-corrected chi connectivity index (χ4v) is 1.42. The van der Waals surface area contributed by atoms with E-state index in [0.717, 1.165) is 16.7 Å². The molecule has 80 valence electrons. The second kappa shape index (κ2) is 4.77. The van der Waals surface area contributed by atoms with Gasteiger partial charge < -0.3 is 0 Å². The highest BCUT2D eigenvalue weighted by molar-refractivity contribution is 5.68. The summed E-state index contributed by atoms with van der Waals surface area (Å²) in [5.41, 5.74) is 3.21. The molecule has 0 spiro atoms. The van der Waals surface area contributed by atoms with Gasteiger partial charge in [0.05, 0.1) is 5.69 Å². The topological polar surface area (TPSA) is 43.7 Å². The highest BCUT2D eigenvalue weighted by Gasteiger charge is 2.06. The van der Waals surface area contributed by atoms with Crippen molar-refractivity contribution >= 4 is 17.8 Å². The summed E-state index contributed by atoms with van der Waals surface area (Å²) in [4.78, 5) is 0. The van der Waals surface area contributed by atoms with E-state index in [1.165, 1.54) is 0 Å². The van der Waals surface area contributed by atoms with Crippen molar-refractivity contribution in [1.29, 1.82) is 0 Å². The van der Waals surface area contributed by atoms with Crippen molar-refractivity contribution in [3.8, 4) is 0 Å². The van der Waals surface area contributed by atoms with Crippen LogP contribution in [-0.4, -0.2) is 10.4 Å². The number of allylic oxidation sites excluding steroid dienone is 1. The normalized spacial score (nSPS) is 10.7. The van der Waals surface area contributed by atoms with Gasteiger partial charge in [0.2, 0.25) is 0 Å². The molecule has 0 aliphatic heterocycles. The van der Waals surface area contributed by atoms with Crippen LogP contribution in [0.3, 0.4) is 0 Å². The van der Waals surface area contributed by atoms with Gasteiger partial charge in [-0.15, -0.1) is 5.23 Å². The molecule has 1 aromatic carbocycles. The van der Waals surface area contributed by atoms with Crippen LogP contribution in [0.15, 0.2) is 24.8 Å². The molecule has 0 heterocycles. The lowest BCUT2D eigenvalue weighted by molar-refractivity contribution is 0.0291. The van der Waals surface area contributed by atoms with Crippen LogP contribution in [0.2, 0.25) is 0 Å². The Morgan fingerprint density at radius 3 is 2.33 bits per heavy atom. The van der Waals surface area contributed by atoms with E-state index in [-0.39, 0.29) is 5.23 Å². The van der Waals surface area contributed by atoms with Gasteiger partial charge in [0.1, 0.15) is 0 Å². The van der Waals surface area contributed by atoms with E-state index >= 15 is 0 Å². The van der Waals surface area contributed by atoms with Crippen molar-refractivity contribution in [2.45, 2.75) is 13.8 Å². The van der Waals surface area contributed by atoms with Gasteiger partial charge in [0.15, 0.2) is 0 Å². The lowest BCUT2D eigenvalue weighted by atomic mass is 10.0. The molecular weight excluding hydrogens is 190 g/mol. The lowest BCUT2D eigenvalue weighted by Gasteiger charge is -2.13. The Morgan fingerprint density at radius 2 is 1.87 bits per heavy atom. The van der Waals surface area contributed by atoms with Crippen molar-refractivity contribution in [2.24, 2.45) is 0 Å². The van der Waals surface area contributed by atoms with Crippen molar-refractivity contribution < 1.29 is 10.4 Å². The maximum absolute atomic E-state index is 8.96. The van der Waals surface area contributed by atoms with E-state index in [1.54, 1.807) is 18.2 Å². The van der Waals surface area contributed by atoms with Gasteiger partial charge in [0, 0.05) is 0 Å². The van der Waals surface area contributed by atoms with Gasteiger partial charge in [-0.2, -0.15) is 0 Å². The van der Waals surface area contributed by atoms with Crippen LogP contribution in [0.5, 0.6) is 0 Å². The summed E-state index contributed by atoms with van der Waals surface area (Å²) in [7, 11) is 0. The quantitative estimate of drug-likeness (QED) is 0.744. The summed E-state index contributed by atoms with van der Waals surface area (Å²) in [6, 6.07) is 3.36. The number of anilines is 1. The Hall–Kier alpha value is -1.58. The summed E-state index contributed by atoms with van der Waals surface area (Å²) < 4.78 is 0. The van der Waals surface area contributed by atoms with Gasteiger partial charge in [-0.1, -0.05) is 24.8 Å². The van der Waals surface area contributed by atoms with Crippen LogP contribution < -0.4 is 5.23 Å². The summed E-state index contributed by atoms with van der Waals surface area (Å²) >= 11 is 0. The first kappa shape index (κ1) is 11.5. The van der Waals surface area contributed by atoms with E-state index in [0.29, 0.717) is 5.69 Å². The molecule has 2 N–H and O–H groups in total. The highest BCUT2D eigenvalue weighted by atomic mass is 16.8. The molecule has 0 radical (unpaired) electrons. The van der Waals surface area contributed by atoms with E-state index in [4.69, 9.17) is 10.4 Å². The predicted molar refractivity (Wildman–Crippen MR) is 62.0 cm³/mol. The van der Waals surface area contributed by atoms with E-state index in [9.17, 15) is 0 Å². The molecule has 0 fully saturated rings. The highest BCUT2D eigenvalue weighted by Crippen LogP contribution is 2.23. The van der Waals surface area contributed by atoms with Crippen LogP contribution in [0.25, 0.3) is 12.2 Å². The van der Waals surface area contributed by atoms with Gasteiger partial charge in [-0.25, -0.2) is 0 Å². The van der Waals surface area contributed by atoms with Crippen molar-refractivity contribution in [3.63, 3.8) is 0 Å². The molecule has 0 aromatic heterocycles. The summed E-state index contributed by atoms with van der Waals surface area (Å²) in [5.74, 6) is 0. The fourth-order valence-electron chi connectivity index (χ4n) is 1.42. The average molecular weight is 205 g/mol. The van der Waals surface area contributed by atoms with Crippen LogP contribution in [-0.2, 0) is 0 Å². The van der Waals surface area contributed by atoms with Gasteiger partial charge in [-0.05, 0) is 42.7 Å². The monoisotopic (exact) mass is 205 g/mol. The minimum atomic E-state index is 0.111. The predicted octanol–water partition coefficient (Wildman–Crippen LogP) is 3.26. The molecule has 0 aliphatic carbocycles. The Labute approximate surface area is 89.5 Å². The number of benzene rings is 1. The SMILES string of the molecule is C=Cc1cc(N(O)O)cc(C=CC)c1C. The maximum atomic E-state index is 8.96. The van der Waals surface area contributed by atoms with E-state index in [1.807, 2.05) is 26.0 Å². The first-order valence-electron chi connectivity index (χ1n) is 4.67. The number of hydrogen-bond acceptors (Lipinski definition) is 3. The Bertz CT molecular complexity index is 395. The standard InChI is InChI=1S/C12H15NO2/c1-4-6-11-8-12(13(14)15)7-10(5-2)9(11)3/h4-8,14-15H,2H2,1,3H3. The molecule has 1 rings (SSSR count). The van der Waals surface area contributed by atoms with Crippen molar-refractivity contribution in [2.75, 3.05) is 5.23 Å². The van der Waals surface area contributed by atoms with Crippen LogP contribution in [0.1, 0.15) is 23.6 Å². The van der Waals surface area contributed by atoms with Crippen LogP contribution >= 0.6 is 0 Å². The summed E-state index contributed by atoms with van der Waals surface area (Å²) in [6.07, 6.45) is 5.50. The molecule has 3 heteroatoms. The zero-order valence-corrected chi connectivity index (χ0v) is 8.94. The molecule has 0 amide bonds. The molecule has 0 unspecified atom stereocenters. The maximum Gasteiger partial charge on any atom is 0.0954 e.